The fourth-order valence-corrected chi connectivity index (χ4v) is 4.32. The van der Waals surface area contributed by atoms with Gasteiger partial charge in [0.15, 0.2) is 0 Å². The van der Waals surface area contributed by atoms with Crippen molar-refractivity contribution in [1.82, 2.24) is 30.4 Å². The maximum absolute atomic E-state index is 12.4. The van der Waals surface area contributed by atoms with E-state index in [2.05, 4.69) is 20.8 Å². The zero-order valence-corrected chi connectivity index (χ0v) is 14.8. The van der Waals surface area contributed by atoms with Crippen molar-refractivity contribution in [2.75, 3.05) is 25.9 Å². The summed E-state index contributed by atoms with van der Waals surface area (Å²) < 4.78 is 1.88. The summed E-state index contributed by atoms with van der Waals surface area (Å²) in [4.78, 5) is 25.9. The molecule has 2 heterocycles. The van der Waals surface area contributed by atoms with Crippen LogP contribution in [-0.4, -0.2) is 62.8 Å². The molecule has 1 saturated carbocycles. The molecule has 9 heteroatoms. The van der Waals surface area contributed by atoms with Crippen molar-refractivity contribution >= 4 is 23.6 Å². The predicted molar refractivity (Wildman–Crippen MR) is 89.4 cm³/mol. The quantitative estimate of drug-likeness (QED) is 0.790. The number of amides is 2. The Labute approximate surface area is 145 Å². The summed E-state index contributed by atoms with van der Waals surface area (Å²) in [6.45, 7) is 1.29. The number of rotatable bonds is 5. The number of nitrogens with zero attached hydrogens (tertiary/aromatic N) is 5. The number of hydrogen-bond acceptors (Lipinski definition) is 6. The smallest absolute Gasteiger partial charge is 0.233 e. The van der Waals surface area contributed by atoms with Gasteiger partial charge in [-0.15, -0.1) is 5.10 Å². The topological polar surface area (TPSA) is 93.0 Å². The number of carbonyl (C=O) groups is 2. The summed E-state index contributed by atoms with van der Waals surface area (Å²) in [6, 6.07) is 0.376. The number of aromatic nitrogens is 4. The van der Waals surface area contributed by atoms with Gasteiger partial charge in [0.25, 0.3) is 0 Å². The second kappa shape index (κ2) is 7.96. The van der Waals surface area contributed by atoms with Gasteiger partial charge in [-0.25, -0.2) is 4.68 Å². The Hall–Kier alpha value is -1.64. The van der Waals surface area contributed by atoms with E-state index in [1.54, 1.807) is 7.05 Å². The molecule has 0 aromatic carbocycles. The summed E-state index contributed by atoms with van der Waals surface area (Å²) in [5.41, 5.74) is 0. The van der Waals surface area contributed by atoms with Gasteiger partial charge in [-0.3, -0.25) is 9.59 Å². The van der Waals surface area contributed by atoms with Crippen molar-refractivity contribution in [2.45, 2.75) is 49.7 Å². The van der Waals surface area contributed by atoms with Crippen LogP contribution in [0, 0.1) is 5.92 Å². The van der Waals surface area contributed by atoms with Crippen LogP contribution in [0.5, 0.6) is 0 Å². The lowest BCUT2D eigenvalue weighted by Gasteiger charge is -2.31. The number of carbonyl (C=O) groups excluding carboxylic acids is 2. The molecule has 24 heavy (non-hydrogen) atoms. The maximum atomic E-state index is 12.4. The first-order valence-corrected chi connectivity index (χ1v) is 9.57. The molecule has 1 N–H and O–H groups in total. The molecular weight excluding hydrogens is 328 g/mol. The fraction of sp³-hybridized carbons (Fsp3) is 0.800. The summed E-state index contributed by atoms with van der Waals surface area (Å²) in [7, 11) is 1.66. The van der Waals surface area contributed by atoms with E-state index in [0.717, 1.165) is 30.8 Å². The molecule has 1 aliphatic heterocycles. The van der Waals surface area contributed by atoms with Crippen LogP contribution in [0.3, 0.4) is 0 Å². The van der Waals surface area contributed by atoms with Crippen LogP contribution in [0.25, 0.3) is 0 Å². The van der Waals surface area contributed by atoms with Crippen LogP contribution >= 0.6 is 11.8 Å². The van der Waals surface area contributed by atoms with E-state index in [9.17, 15) is 9.59 Å². The van der Waals surface area contributed by atoms with E-state index in [4.69, 9.17) is 0 Å². The third-order valence-electron chi connectivity index (χ3n) is 4.92. The first-order chi connectivity index (χ1) is 11.7. The molecule has 8 nitrogen and oxygen atoms in total. The second-order valence-electron chi connectivity index (χ2n) is 6.40. The van der Waals surface area contributed by atoms with E-state index in [1.165, 1.54) is 24.6 Å². The number of piperidine rings is 1. The van der Waals surface area contributed by atoms with Crippen molar-refractivity contribution in [3.8, 4) is 0 Å². The summed E-state index contributed by atoms with van der Waals surface area (Å²) >= 11 is 1.41. The van der Waals surface area contributed by atoms with Gasteiger partial charge in [-0.2, -0.15) is 0 Å². The van der Waals surface area contributed by atoms with Crippen molar-refractivity contribution in [1.29, 1.82) is 0 Å². The molecular formula is C15H24N6O2S. The molecule has 3 rings (SSSR count). The highest BCUT2D eigenvalue weighted by Crippen LogP contribution is 2.31. The molecule has 0 radical (unpaired) electrons. The Morgan fingerprint density at radius 3 is 2.58 bits per heavy atom. The monoisotopic (exact) mass is 352 g/mol. The molecule has 1 saturated heterocycles. The normalized spacial score (nSPS) is 19.6. The van der Waals surface area contributed by atoms with Gasteiger partial charge in [0.2, 0.25) is 17.0 Å². The first kappa shape index (κ1) is 17.2. The summed E-state index contributed by atoms with van der Waals surface area (Å²) in [5, 5.41) is 15.3. The van der Waals surface area contributed by atoms with Crippen molar-refractivity contribution in [3.05, 3.63) is 0 Å². The van der Waals surface area contributed by atoms with Gasteiger partial charge in [-0.05, 0) is 36.1 Å². The van der Waals surface area contributed by atoms with Crippen LogP contribution in [0.4, 0.5) is 0 Å². The molecule has 132 valence electrons. The minimum absolute atomic E-state index is 0.0290. The van der Waals surface area contributed by atoms with Gasteiger partial charge >= 0.3 is 0 Å². The molecule has 2 amide bonds. The maximum Gasteiger partial charge on any atom is 0.233 e. The van der Waals surface area contributed by atoms with Gasteiger partial charge < -0.3 is 10.2 Å². The summed E-state index contributed by atoms with van der Waals surface area (Å²) in [5.74, 6) is 0.544. The van der Waals surface area contributed by atoms with Crippen molar-refractivity contribution in [3.63, 3.8) is 0 Å². The number of nitrogens with one attached hydrogen (secondary N) is 1. The molecule has 2 fully saturated rings. The lowest BCUT2D eigenvalue weighted by molar-refractivity contribution is -0.133. The molecule has 0 atom stereocenters. The van der Waals surface area contributed by atoms with Gasteiger partial charge in [-0.1, -0.05) is 24.6 Å². The average Bonchev–Trinajstić information content (AvgIpc) is 3.30. The van der Waals surface area contributed by atoms with E-state index in [-0.39, 0.29) is 17.7 Å². The van der Waals surface area contributed by atoms with Crippen LogP contribution in [0.15, 0.2) is 5.16 Å². The largest absolute Gasteiger partial charge is 0.359 e. The molecule has 1 aromatic heterocycles. The van der Waals surface area contributed by atoms with Gasteiger partial charge in [0.1, 0.15) is 0 Å². The third kappa shape index (κ3) is 3.88. The van der Waals surface area contributed by atoms with Gasteiger partial charge in [0, 0.05) is 26.1 Å². The van der Waals surface area contributed by atoms with Crippen LogP contribution in [-0.2, 0) is 9.59 Å². The number of likely N-dealkylation sites (tertiary alicyclic amines) is 1. The van der Waals surface area contributed by atoms with Crippen LogP contribution in [0.2, 0.25) is 0 Å². The minimum atomic E-state index is 0.0290. The van der Waals surface area contributed by atoms with Crippen LogP contribution in [0.1, 0.15) is 44.6 Å². The lowest BCUT2D eigenvalue weighted by Crippen LogP contribution is -2.43. The Morgan fingerprint density at radius 2 is 1.92 bits per heavy atom. The molecule has 2 aliphatic rings. The van der Waals surface area contributed by atoms with E-state index in [1.807, 2.05) is 9.58 Å². The van der Waals surface area contributed by atoms with Crippen molar-refractivity contribution < 1.29 is 9.59 Å². The minimum Gasteiger partial charge on any atom is -0.359 e. The highest BCUT2D eigenvalue weighted by molar-refractivity contribution is 7.99. The van der Waals surface area contributed by atoms with Crippen LogP contribution < -0.4 is 5.32 Å². The van der Waals surface area contributed by atoms with E-state index >= 15 is 0 Å². The molecule has 0 unspecified atom stereocenters. The second-order valence-corrected chi connectivity index (χ2v) is 7.34. The molecule has 0 bridgehead atoms. The Kier molecular flexibility index (Phi) is 5.70. The average molecular weight is 352 g/mol. The lowest BCUT2D eigenvalue weighted by atomic mass is 9.96. The van der Waals surface area contributed by atoms with Crippen molar-refractivity contribution in [2.24, 2.45) is 5.92 Å². The fourth-order valence-electron chi connectivity index (χ4n) is 3.47. The Bertz CT molecular complexity index is 578. The zero-order chi connectivity index (χ0) is 16.9. The molecule has 1 aliphatic carbocycles. The Balaban J connectivity index is 1.48. The highest BCUT2D eigenvalue weighted by atomic mass is 32.2. The number of thioether (sulfide) groups is 1. The number of hydrogen-bond donors (Lipinski definition) is 1. The summed E-state index contributed by atoms with van der Waals surface area (Å²) in [6.07, 6.45) is 6.12. The standard InChI is InChI=1S/C15H24N6O2S/c1-16-14(23)11-6-8-20(9-7-11)13(22)10-24-15-17-18-19-21(15)12-4-2-3-5-12/h11-12H,2-10H2,1H3,(H,16,23). The Morgan fingerprint density at radius 1 is 1.21 bits per heavy atom. The SMILES string of the molecule is CNC(=O)C1CCN(C(=O)CSc2nnnn2C2CCCC2)CC1. The third-order valence-corrected chi connectivity index (χ3v) is 5.84. The number of tetrazole rings is 1. The first-order valence-electron chi connectivity index (χ1n) is 8.59. The molecule has 0 spiro atoms. The zero-order valence-electron chi connectivity index (χ0n) is 14.0. The molecule has 1 aromatic rings. The predicted octanol–water partition coefficient (Wildman–Crippen LogP) is 0.865. The van der Waals surface area contributed by atoms with E-state index in [0.29, 0.717) is 24.9 Å². The van der Waals surface area contributed by atoms with Gasteiger partial charge in [0.05, 0.1) is 11.8 Å². The van der Waals surface area contributed by atoms with E-state index < -0.39 is 0 Å². The highest BCUT2D eigenvalue weighted by Gasteiger charge is 2.27.